The highest BCUT2D eigenvalue weighted by atomic mass is 19.1. The van der Waals surface area contributed by atoms with Gasteiger partial charge in [-0.1, -0.05) is 6.07 Å². The van der Waals surface area contributed by atoms with Crippen LogP contribution in [-0.4, -0.2) is 23.4 Å². The molecule has 0 atom stereocenters. The summed E-state index contributed by atoms with van der Waals surface area (Å²) in [6.45, 7) is 1.16. The Morgan fingerprint density at radius 1 is 1.37 bits per heavy atom. The van der Waals surface area contributed by atoms with E-state index < -0.39 is 0 Å². The molecule has 0 spiro atoms. The molecule has 0 unspecified atom stereocenters. The molecule has 0 amide bonds. The van der Waals surface area contributed by atoms with Gasteiger partial charge in [0.05, 0.1) is 11.9 Å². The smallest absolute Gasteiger partial charge is 0.146 e. The average molecular weight is 262 g/mol. The highest BCUT2D eigenvalue weighted by Crippen LogP contribution is 2.21. The molecule has 0 aliphatic heterocycles. The lowest BCUT2D eigenvalue weighted by Gasteiger charge is -2.19. The molecule has 1 aromatic carbocycles. The molecule has 2 rings (SSSR count). The number of hydrogen-bond donors (Lipinski definition) is 1. The topological polar surface area (TPSA) is 47.1 Å². The van der Waals surface area contributed by atoms with Crippen LogP contribution in [0, 0.1) is 5.82 Å². The van der Waals surface area contributed by atoms with Crippen molar-refractivity contribution in [3.05, 3.63) is 47.5 Å². The van der Waals surface area contributed by atoms with Gasteiger partial charge in [-0.2, -0.15) is 5.10 Å². The first kappa shape index (κ1) is 13.5. The minimum atomic E-state index is -0.211. The minimum absolute atomic E-state index is 0.211. The predicted molar refractivity (Wildman–Crippen MR) is 74.5 cm³/mol. The Balaban J connectivity index is 2.12. The van der Waals surface area contributed by atoms with Crippen LogP contribution in [0.2, 0.25) is 0 Å². The van der Waals surface area contributed by atoms with Crippen LogP contribution in [0.3, 0.4) is 0 Å². The third-order valence-corrected chi connectivity index (χ3v) is 3.03. The van der Waals surface area contributed by atoms with Gasteiger partial charge in [0.1, 0.15) is 5.82 Å². The highest BCUT2D eigenvalue weighted by molar-refractivity contribution is 5.49. The van der Waals surface area contributed by atoms with Crippen LogP contribution >= 0.6 is 0 Å². The Kier molecular flexibility index (Phi) is 4.16. The zero-order valence-corrected chi connectivity index (χ0v) is 11.3. The summed E-state index contributed by atoms with van der Waals surface area (Å²) in [6, 6.07) is 5.28. The number of nitrogens with zero attached hydrogens (tertiary/aromatic N) is 3. The molecule has 4 nitrogen and oxygen atoms in total. The molecule has 0 bridgehead atoms. The molecule has 0 saturated carbocycles. The molecule has 19 heavy (non-hydrogen) atoms. The van der Waals surface area contributed by atoms with Crippen molar-refractivity contribution in [2.75, 3.05) is 18.5 Å². The Morgan fingerprint density at radius 3 is 2.74 bits per heavy atom. The van der Waals surface area contributed by atoms with Gasteiger partial charge in [0, 0.05) is 32.4 Å². The first-order chi connectivity index (χ1) is 9.10. The molecule has 5 heteroatoms. The third-order valence-electron chi connectivity index (χ3n) is 3.03. The van der Waals surface area contributed by atoms with Gasteiger partial charge in [0.2, 0.25) is 0 Å². The Morgan fingerprint density at radius 2 is 2.16 bits per heavy atom. The lowest BCUT2D eigenvalue weighted by molar-refractivity contribution is 0.620. The fourth-order valence-corrected chi connectivity index (χ4v) is 2.09. The molecule has 1 heterocycles. The van der Waals surface area contributed by atoms with E-state index in [0.717, 1.165) is 11.1 Å². The molecule has 102 valence electrons. The van der Waals surface area contributed by atoms with Crippen molar-refractivity contribution in [1.82, 2.24) is 9.78 Å². The molecule has 1 aromatic heterocycles. The largest absolute Gasteiger partial charge is 0.368 e. The Labute approximate surface area is 112 Å². The SMILES string of the molecule is CN(Cc1cnn(C)c1)c1ccc(CCN)cc1F. The van der Waals surface area contributed by atoms with Crippen LogP contribution in [0.4, 0.5) is 10.1 Å². The summed E-state index contributed by atoms with van der Waals surface area (Å²) in [5.74, 6) is -0.211. The normalized spacial score (nSPS) is 10.7. The van der Waals surface area contributed by atoms with E-state index in [1.54, 1.807) is 23.0 Å². The van der Waals surface area contributed by atoms with E-state index in [9.17, 15) is 4.39 Å². The van der Waals surface area contributed by atoms with E-state index in [2.05, 4.69) is 5.10 Å². The molecule has 0 aliphatic carbocycles. The summed E-state index contributed by atoms with van der Waals surface area (Å²) in [4.78, 5) is 1.87. The van der Waals surface area contributed by atoms with Gasteiger partial charge in [-0.05, 0) is 30.7 Å². The average Bonchev–Trinajstić information content (AvgIpc) is 2.75. The van der Waals surface area contributed by atoms with Crippen molar-refractivity contribution < 1.29 is 4.39 Å². The standard InChI is InChI=1S/C14H19FN4/c1-18(9-12-8-17-19(2)10-12)14-4-3-11(5-6-16)7-13(14)15/h3-4,7-8,10H,5-6,9,16H2,1-2H3. The van der Waals surface area contributed by atoms with E-state index in [1.807, 2.05) is 31.3 Å². The summed E-state index contributed by atoms with van der Waals surface area (Å²) in [5.41, 5.74) is 8.04. The number of aryl methyl sites for hydroxylation is 1. The molecular weight excluding hydrogens is 243 g/mol. The quantitative estimate of drug-likeness (QED) is 0.892. The number of aromatic nitrogens is 2. The molecule has 0 fully saturated rings. The van der Waals surface area contributed by atoms with Crippen LogP contribution in [-0.2, 0) is 20.0 Å². The second kappa shape index (κ2) is 5.84. The molecule has 0 radical (unpaired) electrons. The van der Waals surface area contributed by atoms with Crippen LogP contribution in [0.1, 0.15) is 11.1 Å². The van der Waals surface area contributed by atoms with Crippen LogP contribution in [0.15, 0.2) is 30.6 Å². The van der Waals surface area contributed by atoms with E-state index in [-0.39, 0.29) is 5.82 Å². The molecule has 2 aromatic rings. The summed E-state index contributed by atoms with van der Waals surface area (Å²) in [5, 5.41) is 4.11. The zero-order valence-electron chi connectivity index (χ0n) is 11.3. The first-order valence-electron chi connectivity index (χ1n) is 6.27. The van der Waals surface area contributed by atoms with Crippen molar-refractivity contribution in [1.29, 1.82) is 0 Å². The Hall–Kier alpha value is -1.88. The van der Waals surface area contributed by atoms with Crippen LogP contribution < -0.4 is 10.6 Å². The van der Waals surface area contributed by atoms with Crippen molar-refractivity contribution in [2.24, 2.45) is 12.8 Å². The van der Waals surface area contributed by atoms with Crippen molar-refractivity contribution in [2.45, 2.75) is 13.0 Å². The van der Waals surface area contributed by atoms with Crippen molar-refractivity contribution >= 4 is 5.69 Å². The summed E-state index contributed by atoms with van der Waals surface area (Å²) < 4.78 is 15.8. The minimum Gasteiger partial charge on any atom is -0.368 e. The van der Waals surface area contributed by atoms with Gasteiger partial charge in [0.15, 0.2) is 0 Å². The number of anilines is 1. The van der Waals surface area contributed by atoms with E-state index in [0.29, 0.717) is 25.2 Å². The first-order valence-corrected chi connectivity index (χ1v) is 6.27. The maximum Gasteiger partial charge on any atom is 0.146 e. The highest BCUT2D eigenvalue weighted by Gasteiger charge is 2.09. The number of rotatable bonds is 5. The maximum absolute atomic E-state index is 14.0. The van der Waals surface area contributed by atoms with Gasteiger partial charge >= 0.3 is 0 Å². The van der Waals surface area contributed by atoms with E-state index in [4.69, 9.17) is 5.73 Å². The van der Waals surface area contributed by atoms with Crippen LogP contribution in [0.5, 0.6) is 0 Å². The number of benzene rings is 1. The molecule has 2 N–H and O–H groups in total. The van der Waals surface area contributed by atoms with Crippen molar-refractivity contribution in [3.63, 3.8) is 0 Å². The van der Waals surface area contributed by atoms with E-state index in [1.165, 1.54) is 0 Å². The summed E-state index contributed by atoms with van der Waals surface area (Å²) in [6.07, 6.45) is 4.41. The monoisotopic (exact) mass is 262 g/mol. The number of nitrogens with two attached hydrogens (primary N) is 1. The fraction of sp³-hybridized carbons (Fsp3) is 0.357. The zero-order chi connectivity index (χ0) is 13.8. The fourth-order valence-electron chi connectivity index (χ4n) is 2.09. The number of halogens is 1. The molecule has 0 saturated heterocycles. The summed E-state index contributed by atoms with van der Waals surface area (Å²) in [7, 11) is 3.74. The van der Waals surface area contributed by atoms with E-state index >= 15 is 0 Å². The van der Waals surface area contributed by atoms with Gasteiger partial charge in [-0.25, -0.2) is 4.39 Å². The van der Waals surface area contributed by atoms with Crippen LogP contribution in [0.25, 0.3) is 0 Å². The lowest BCUT2D eigenvalue weighted by Crippen LogP contribution is -2.17. The van der Waals surface area contributed by atoms with Gasteiger partial charge in [0.25, 0.3) is 0 Å². The van der Waals surface area contributed by atoms with Gasteiger partial charge in [-0.3, -0.25) is 4.68 Å². The lowest BCUT2D eigenvalue weighted by atomic mass is 10.1. The second-order valence-electron chi connectivity index (χ2n) is 4.70. The van der Waals surface area contributed by atoms with Gasteiger partial charge < -0.3 is 10.6 Å². The molecule has 0 aliphatic rings. The second-order valence-corrected chi connectivity index (χ2v) is 4.70. The predicted octanol–water partition coefficient (Wildman–Crippen LogP) is 1.70. The molecular formula is C14H19FN4. The third kappa shape index (κ3) is 3.32. The summed E-state index contributed by atoms with van der Waals surface area (Å²) >= 11 is 0. The number of hydrogen-bond acceptors (Lipinski definition) is 3. The maximum atomic E-state index is 14.0. The van der Waals surface area contributed by atoms with Crippen molar-refractivity contribution in [3.8, 4) is 0 Å². The van der Waals surface area contributed by atoms with Gasteiger partial charge in [-0.15, -0.1) is 0 Å². The Bertz CT molecular complexity index is 550.